The normalized spacial score (nSPS) is 19.4. The number of rotatable bonds is 8. The Morgan fingerprint density at radius 1 is 1.02 bits per heavy atom. The fourth-order valence-corrected chi connectivity index (χ4v) is 6.34. The smallest absolute Gasteiger partial charge is 0.307 e. The quantitative estimate of drug-likeness (QED) is 0.256. The van der Waals surface area contributed by atoms with Gasteiger partial charge in [-0.2, -0.15) is 0 Å². The van der Waals surface area contributed by atoms with E-state index in [-0.39, 0.29) is 18.3 Å². The molecule has 1 N–H and O–H groups in total. The van der Waals surface area contributed by atoms with E-state index in [0.717, 1.165) is 73.2 Å². The van der Waals surface area contributed by atoms with Crippen LogP contribution in [0.15, 0.2) is 54.7 Å². The van der Waals surface area contributed by atoms with Crippen molar-refractivity contribution in [3.8, 4) is 5.75 Å². The number of aryl methyl sites for hydroxylation is 1. The lowest BCUT2D eigenvalue weighted by Crippen LogP contribution is -2.29. The van der Waals surface area contributed by atoms with Gasteiger partial charge in [-0.05, 0) is 81.0 Å². The van der Waals surface area contributed by atoms with Crippen molar-refractivity contribution in [2.75, 3.05) is 18.0 Å². The predicted octanol–water partition coefficient (Wildman–Crippen LogP) is 6.85. The largest absolute Gasteiger partial charge is 0.487 e. The van der Waals surface area contributed by atoms with Crippen LogP contribution in [0.3, 0.4) is 0 Å². The van der Waals surface area contributed by atoms with Gasteiger partial charge in [0.05, 0.1) is 29.2 Å². The topological polar surface area (TPSA) is 80.5 Å². The summed E-state index contributed by atoms with van der Waals surface area (Å²) in [7, 11) is 0. The molecule has 1 aliphatic heterocycles. The second-order valence-electron chi connectivity index (χ2n) is 11.5. The summed E-state index contributed by atoms with van der Waals surface area (Å²) in [5, 5.41) is 10.1. The van der Waals surface area contributed by atoms with Gasteiger partial charge in [-0.15, -0.1) is 0 Å². The average molecular weight is 557 g/mol. The zero-order chi connectivity index (χ0) is 28.3. The number of aromatic nitrogens is 3. The number of carbonyl (C=O) groups is 1. The predicted molar refractivity (Wildman–Crippen MR) is 157 cm³/mol. The summed E-state index contributed by atoms with van der Waals surface area (Å²) in [6.45, 7) is 4.54. The average Bonchev–Trinajstić information content (AvgIpc) is 3.35. The first-order valence-electron chi connectivity index (χ1n) is 14.8. The third-order valence-corrected chi connectivity index (χ3v) is 8.60. The molecule has 214 valence electrons. The molecule has 7 nitrogen and oxygen atoms in total. The van der Waals surface area contributed by atoms with E-state index in [1.54, 1.807) is 6.07 Å². The molecule has 3 heterocycles. The van der Waals surface area contributed by atoms with Gasteiger partial charge in [0.25, 0.3) is 0 Å². The number of carboxylic acids is 1. The van der Waals surface area contributed by atoms with Gasteiger partial charge in [0, 0.05) is 42.5 Å². The second-order valence-corrected chi connectivity index (χ2v) is 11.5. The van der Waals surface area contributed by atoms with Gasteiger partial charge in [0.1, 0.15) is 24.0 Å². The lowest BCUT2D eigenvalue weighted by Gasteiger charge is -2.30. The molecular formula is C33H37FN4O3. The molecule has 1 aliphatic carbocycles. The molecule has 2 aromatic heterocycles. The Labute approximate surface area is 240 Å². The molecule has 2 fully saturated rings. The number of imidazole rings is 1. The lowest BCUT2D eigenvalue weighted by atomic mass is 9.78. The van der Waals surface area contributed by atoms with E-state index in [0.29, 0.717) is 30.2 Å². The number of piperidine rings is 1. The number of hydrogen-bond donors (Lipinski definition) is 1. The second kappa shape index (κ2) is 11.9. The number of fused-ring (bicyclic) bond motifs is 1. The maximum absolute atomic E-state index is 15.3. The molecule has 8 heteroatoms. The van der Waals surface area contributed by atoms with Gasteiger partial charge in [0.2, 0.25) is 0 Å². The molecule has 1 saturated carbocycles. The summed E-state index contributed by atoms with van der Waals surface area (Å²) in [4.78, 5) is 24.0. The molecule has 2 aliphatic rings. The summed E-state index contributed by atoms with van der Waals surface area (Å²) in [5.41, 5.74) is 5.09. The van der Waals surface area contributed by atoms with E-state index in [2.05, 4.69) is 9.88 Å². The van der Waals surface area contributed by atoms with E-state index >= 15 is 4.39 Å². The molecule has 6 rings (SSSR count). The highest BCUT2D eigenvalue weighted by atomic mass is 19.1. The number of ether oxygens (including phenoxy) is 1. The maximum Gasteiger partial charge on any atom is 0.307 e. The van der Waals surface area contributed by atoms with E-state index in [9.17, 15) is 9.90 Å². The Morgan fingerprint density at radius 2 is 1.85 bits per heavy atom. The Balaban J connectivity index is 1.38. The number of aliphatic carboxylic acids is 1. The highest BCUT2D eigenvalue weighted by molar-refractivity contribution is 5.79. The fraction of sp³-hybridized carbons (Fsp3) is 0.424. The van der Waals surface area contributed by atoms with Crippen LogP contribution in [0.2, 0.25) is 0 Å². The summed E-state index contributed by atoms with van der Waals surface area (Å²) >= 11 is 0. The Kier molecular flexibility index (Phi) is 7.90. The third kappa shape index (κ3) is 5.92. The molecule has 0 unspecified atom stereocenters. The minimum Gasteiger partial charge on any atom is -0.487 e. The van der Waals surface area contributed by atoms with Crippen LogP contribution in [0.1, 0.15) is 73.5 Å². The van der Waals surface area contributed by atoms with Crippen molar-refractivity contribution in [1.82, 2.24) is 14.5 Å². The SMILES string of the molecule is Cc1ccc(COc2ccc3nc([C@H]4CCCC[C@H]4C(=O)O)n(Cc4cc(N5CCCCC5)ccc4F)c3c2)nc1. The standard InChI is InChI=1S/C33H37FN4O3/c1-22-9-10-24(35-19-22)21-41-26-12-14-30-31(18-26)38(32(36-30)27-7-3-4-8-28(27)33(39)40)20-23-17-25(11-13-29(23)34)37-15-5-2-6-16-37/h9-14,17-19,27-28H,2-8,15-16,20-21H2,1H3,(H,39,40)/t27-,28+/m0/s1. The molecule has 2 aromatic carbocycles. The number of pyridine rings is 1. The van der Waals surface area contributed by atoms with Crippen molar-refractivity contribution in [2.45, 2.75) is 70.9 Å². The molecule has 0 radical (unpaired) electrons. The highest BCUT2D eigenvalue weighted by Gasteiger charge is 2.35. The first-order valence-corrected chi connectivity index (χ1v) is 14.8. The molecule has 4 aromatic rings. The monoisotopic (exact) mass is 556 g/mol. The minimum atomic E-state index is -0.791. The number of carboxylic acid groups (broad SMARTS) is 1. The van der Waals surface area contributed by atoms with Crippen LogP contribution in [-0.2, 0) is 17.9 Å². The van der Waals surface area contributed by atoms with Crippen LogP contribution >= 0.6 is 0 Å². The summed E-state index contributed by atoms with van der Waals surface area (Å²) in [6.07, 6.45) is 8.55. The van der Waals surface area contributed by atoms with E-state index in [4.69, 9.17) is 9.72 Å². The van der Waals surface area contributed by atoms with Gasteiger partial charge in [0.15, 0.2) is 0 Å². The minimum absolute atomic E-state index is 0.233. The highest BCUT2D eigenvalue weighted by Crippen LogP contribution is 2.40. The molecule has 2 atom stereocenters. The van der Waals surface area contributed by atoms with Crippen LogP contribution < -0.4 is 9.64 Å². The van der Waals surface area contributed by atoms with Gasteiger partial charge in [-0.25, -0.2) is 9.37 Å². The van der Waals surface area contributed by atoms with Crippen LogP contribution in [-0.4, -0.2) is 38.7 Å². The zero-order valence-electron chi connectivity index (χ0n) is 23.6. The van der Waals surface area contributed by atoms with Gasteiger partial charge >= 0.3 is 5.97 Å². The lowest BCUT2D eigenvalue weighted by molar-refractivity contribution is -0.143. The van der Waals surface area contributed by atoms with Gasteiger partial charge in [-0.1, -0.05) is 18.9 Å². The van der Waals surface area contributed by atoms with Crippen molar-refractivity contribution in [1.29, 1.82) is 0 Å². The van der Waals surface area contributed by atoms with E-state index < -0.39 is 11.9 Å². The third-order valence-electron chi connectivity index (χ3n) is 8.60. The molecule has 1 saturated heterocycles. The van der Waals surface area contributed by atoms with Crippen molar-refractivity contribution in [3.63, 3.8) is 0 Å². The zero-order valence-corrected chi connectivity index (χ0v) is 23.6. The van der Waals surface area contributed by atoms with Crippen LogP contribution in [0.25, 0.3) is 11.0 Å². The van der Waals surface area contributed by atoms with Gasteiger partial charge in [-0.3, -0.25) is 9.78 Å². The Morgan fingerprint density at radius 3 is 2.63 bits per heavy atom. The number of halogens is 1. The van der Waals surface area contributed by atoms with E-state index in [1.807, 2.05) is 60.2 Å². The van der Waals surface area contributed by atoms with Crippen molar-refractivity contribution < 1.29 is 19.0 Å². The number of hydrogen-bond acceptors (Lipinski definition) is 5. The molecule has 41 heavy (non-hydrogen) atoms. The first-order chi connectivity index (χ1) is 20.0. The fourth-order valence-electron chi connectivity index (χ4n) is 6.34. The molecular weight excluding hydrogens is 519 g/mol. The van der Waals surface area contributed by atoms with Crippen LogP contribution in [0, 0.1) is 18.7 Å². The summed E-state index contributed by atoms with van der Waals surface area (Å²) < 4.78 is 23.5. The maximum atomic E-state index is 15.3. The van der Waals surface area contributed by atoms with Crippen molar-refractivity contribution >= 4 is 22.7 Å². The Hall–Kier alpha value is -3.94. The van der Waals surface area contributed by atoms with E-state index in [1.165, 1.54) is 6.42 Å². The number of benzene rings is 2. The van der Waals surface area contributed by atoms with Crippen LogP contribution in [0.5, 0.6) is 5.75 Å². The number of anilines is 1. The van der Waals surface area contributed by atoms with Crippen molar-refractivity contribution in [2.24, 2.45) is 5.92 Å². The molecule has 0 spiro atoms. The summed E-state index contributed by atoms with van der Waals surface area (Å²) in [5.74, 6) is -0.424. The van der Waals surface area contributed by atoms with Crippen LogP contribution in [0.4, 0.5) is 10.1 Å². The Bertz CT molecular complexity index is 1530. The summed E-state index contributed by atoms with van der Waals surface area (Å²) in [6, 6.07) is 15.1. The van der Waals surface area contributed by atoms with Gasteiger partial charge < -0.3 is 19.3 Å². The first kappa shape index (κ1) is 27.2. The number of nitrogens with zero attached hydrogens (tertiary/aromatic N) is 4. The van der Waals surface area contributed by atoms with Crippen molar-refractivity contribution in [3.05, 3.63) is 83.2 Å². The molecule has 0 bridgehead atoms. The molecule has 0 amide bonds.